The second-order valence-electron chi connectivity index (χ2n) is 6.81. The first-order valence-electron chi connectivity index (χ1n) is 8.70. The Morgan fingerprint density at radius 3 is 1.53 bits per heavy atom. The molecule has 0 bridgehead atoms. The minimum absolute atomic E-state index is 0.819. The lowest BCUT2D eigenvalue weighted by molar-refractivity contribution is 0.124. The molecule has 0 rings (SSSR count). The molecule has 1 nitrogen and oxygen atoms in total. The van der Waals surface area contributed by atoms with Gasteiger partial charge in [-0.1, -0.05) is 72.6 Å². The summed E-state index contributed by atoms with van der Waals surface area (Å²) >= 11 is 0. The Balaban J connectivity index is 2.95. The van der Waals surface area contributed by atoms with Crippen LogP contribution < -0.4 is 0 Å². The molecule has 0 N–H and O–H groups in total. The van der Waals surface area contributed by atoms with Gasteiger partial charge in [-0.15, -0.1) is 0 Å². The molecule has 0 heterocycles. The number of hydrogen-bond donors (Lipinski definition) is 0. The summed E-state index contributed by atoms with van der Waals surface area (Å²) in [5.74, 6) is 1.70. The van der Waals surface area contributed by atoms with Gasteiger partial charge < -0.3 is 4.74 Å². The molecule has 0 saturated heterocycles. The molecule has 0 aromatic carbocycles. The monoisotopic (exact) mass is 270 g/mol. The Kier molecular flexibility index (Phi) is 14.3. The third-order valence-electron chi connectivity index (χ3n) is 3.64. The number of hydrogen-bond acceptors (Lipinski definition) is 1. The second kappa shape index (κ2) is 14.4. The first-order chi connectivity index (χ1) is 9.13. The standard InChI is InChI=1S/C18H38O/c1-17(2)13-10-8-6-5-7-9-11-15-19-16-12-14-18(3)4/h17-18H,5-16H2,1-4H3. The molecule has 0 radical (unpaired) electrons. The summed E-state index contributed by atoms with van der Waals surface area (Å²) in [7, 11) is 0. The van der Waals surface area contributed by atoms with E-state index in [-0.39, 0.29) is 0 Å². The van der Waals surface area contributed by atoms with Gasteiger partial charge in [-0.2, -0.15) is 0 Å². The molecule has 0 aliphatic heterocycles. The van der Waals surface area contributed by atoms with Crippen LogP contribution in [0.1, 0.15) is 91.9 Å². The highest BCUT2D eigenvalue weighted by Gasteiger charge is 1.96. The maximum absolute atomic E-state index is 5.66. The van der Waals surface area contributed by atoms with Crippen molar-refractivity contribution in [3.8, 4) is 0 Å². The zero-order chi connectivity index (χ0) is 14.3. The molecule has 0 spiro atoms. The first kappa shape index (κ1) is 19.0. The fourth-order valence-corrected chi connectivity index (χ4v) is 2.34. The van der Waals surface area contributed by atoms with Gasteiger partial charge in [0.15, 0.2) is 0 Å². The summed E-state index contributed by atoms with van der Waals surface area (Å²) in [5, 5.41) is 0. The van der Waals surface area contributed by atoms with Crippen LogP contribution in [0.15, 0.2) is 0 Å². The van der Waals surface area contributed by atoms with E-state index in [2.05, 4.69) is 27.7 Å². The summed E-state index contributed by atoms with van der Waals surface area (Å²) in [6.45, 7) is 11.1. The van der Waals surface area contributed by atoms with Gasteiger partial charge in [0.25, 0.3) is 0 Å². The normalized spacial score (nSPS) is 11.7. The van der Waals surface area contributed by atoms with E-state index in [9.17, 15) is 0 Å². The molecule has 116 valence electrons. The Morgan fingerprint density at radius 2 is 0.947 bits per heavy atom. The van der Waals surface area contributed by atoms with Crippen molar-refractivity contribution in [3.05, 3.63) is 0 Å². The fraction of sp³-hybridized carbons (Fsp3) is 1.00. The van der Waals surface area contributed by atoms with Gasteiger partial charge in [0.2, 0.25) is 0 Å². The van der Waals surface area contributed by atoms with Crippen molar-refractivity contribution >= 4 is 0 Å². The van der Waals surface area contributed by atoms with Crippen LogP contribution in [0.2, 0.25) is 0 Å². The smallest absolute Gasteiger partial charge is 0.0466 e. The van der Waals surface area contributed by atoms with Crippen molar-refractivity contribution in [2.75, 3.05) is 13.2 Å². The third-order valence-corrected chi connectivity index (χ3v) is 3.64. The van der Waals surface area contributed by atoms with Crippen LogP contribution in [-0.2, 0) is 4.74 Å². The van der Waals surface area contributed by atoms with Gasteiger partial charge in [-0.25, -0.2) is 0 Å². The summed E-state index contributed by atoms with van der Waals surface area (Å²) in [6, 6.07) is 0. The average molecular weight is 271 g/mol. The van der Waals surface area contributed by atoms with Crippen LogP contribution in [0.5, 0.6) is 0 Å². The van der Waals surface area contributed by atoms with Crippen molar-refractivity contribution in [3.63, 3.8) is 0 Å². The quantitative estimate of drug-likeness (QED) is 0.341. The minimum Gasteiger partial charge on any atom is -0.381 e. The van der Waals surface area contributed by atoms with Crippen LogP contribution in [0, 0.1) is 11.8 Å². The third kappa shape index (κ3) is 18.0. The van der Waals surface area contributed by atoms with E-state index in [1.807, 2.05) is 0 Å². The molecular weight excluding hydrogens is 232 g/mol. The predicted octanol–water partition coefficient (Wildman–Crippen LogP) is 6.22. The molecule has 1 heteroatoms. The molecule has 0 fully saturated rings. The van der Waals surface area contributed by atoms with Gasteiger partial charge >= 0.3 is 0 Å². The maximum atomic E-state index is 5.66. The molecule has 0 aliphatic rings. The van der Waals surface area contributed by atoms with Gasteiger partial charge in [0.05, 0.1) is 0 Å². The lowest BCUT2D eigenvalue weighted by atomic mass is 10.0. The predicted molar refractivity (Wildman–Crippen MR) is 86.7 cm³/mol. The van der Waals surface area contributed by atoms with Crippen LogP contribution in [0.4, 0.5) is 0 Å². The molecule has 0 aromatic heterocycles. The zero-order valence-corrected chi connectivity index (χ0v) is 14.0. The van der Waals surface area contributed by atoms with Crippen LogP contribution >= 0.6 is 0 Å². The minimum atomic E-state index is 0.819. The highest BCUT2D eigenvalue weighted by atomic mass is 16.5. The summed E-state index contributed by atoms with van der Waals surface area (Å²) < 4.78 is 5.66. The van der Waals surface area contributed by atoms with Crippen molar-refractivity contribution in [2.45, 2.75) is 91.9 Å². The van der Waals surface area contributed by atoms with E-state index in [0.717, 1.165) is 25.0 Å². The Bertz CT molecular complexity index is 145. The van der Waals surface area contributed by atoms with E-state index >= 15 is 0 Å². The van der Waals surface area contributed by atoms with E-state index in [0.29, 0.717) is 0 Å². The number of ether oxygens (including phenoxy) is 1. The zero-order valence-electron chi connectivity index (χ0n) is 14.0. The van der Waals surface area contributed by atoms with Gasteiger partial charge in [-0.05, 0) is 31.1 Å². The van der Waals surface area contributed by atoms with Gasteiger partial charge in [0, 0.05) is 13.2 Å². The largest absolute Gasteiger partial charge is 0.381 e. The summed E-state index contributed by atoms with van der Waals surface area (Å²) in [4.78, 5) is 0. The Labute approximate surface area is 122 Å². The van der Waals surface area contributed by atoms with Crippen LogP contribution in [0.3, 0.4) is 0 Å². The maximum Gasteiger partial charge on any atom is 0.0466 e. The van der Waals surface area contributed by atoms with Gasteiger partial charge in [-0.3, -0.25) is 0 Å². The van der Waals surface area contributed by atoms with Gasteiger partial charge in [0.1, 0.15) is 0 Å². The number of unbranched alkanes of at least 4 members (excludes halogenated alkanes) is 6. The van der Waals surface area contributed by atoms with E-state index < -0.39 is 0 Å². The SMILES string of the molecule is CC(C)CCCCCCCCCOCCCC(C)C. The Morgan fingerprint density at radius 1 is 0.526 bits per heavy atom. The van der Waals surface area contributed by atoms with Crippen molar-refractivity contribution < 1.29 is 4.74 Å². The Hall–Kier alpha value is -0.0400. The van der Waals surface area contributed by atoms with Crippen LogP contribution in [0.25, 0.3) is 0 Å². The molecule has 0 aromatic rings. The molecule has 0 atom stereocenters. The van der Waals surface area contributed by atoms with Crippen molar-refractivity contribution in [2.24, 2.45) is 11.8 Å². The van der Waals surface area contributed by atoms with Crippen molar-refractivity contribution in [1.82, 2.24) is 0 Å². The number of rotatable bonds is 14. The molecule has 0 saturated carbocycles. The van der Waals surface area contributed by atoms with E-state index in [1.54, 1.807) is 0 Å². The summed E-state index contributed by atoms with van der Waals surface area (Å²) in [6.07, 6.45) is 13.7. The van der Waals surface area contributed by atoms with Crippen LogP contribution in [-0.4, -0.2) is 13.2 Å². The lowest BCUT2D eigenvalue weighted by Gasteiger charge is -2.06. The molecule has 0 aliphatic carbocycles. The molecule has 19 heavy (non-hydrogen) atoms. The molecule has 0 amide bonds. The molecule has 0 unspecified atom stereocenters. The van der Waals surface area contributed by atoms with E-state index in [1.165, 1.54) is 64.2 Å². The average Bonchev–Trinajstić information content (AvgIpc) is 2.34. The topological polar surface area (TPSA) is 9.23 Å². The highest BCUT2D eigenvalue weighted by Crippen LogP contribution is 2.12. The fourth-order valence-electron chi connectivity index (χ4n) is 2.34. The first-order valence-corrected chi connectivity index (χ1v) is 8.70. The molecular formula is C18H38O. The summed E-state index contributed by atoms with van der Waals surface area (Å²) in [5.41, 5.74) is 0. The second-order valence-corrected chi connectivity index (χ2v) is 6.81. The van der Waals surface area contributed by atoms with Crippen molar-refractivity contribution in [1.29, 1.82) is 0 Å². The lowest BCUT2D eigenvalue weighted by Crippen LogP contribution is -1.99. The highest BCUT2D eigenvalue weighted by molar-refractivity contribution is 4.49. The van der Waals surface area contributed by atoms with E-state index in [4.69, 9.17) is 4.74 Å².